The van der Waals surface area contributed by atoms with E-state index >= 15 is 0 Å². The van der Waals surface area contributed by atoms with Crippen molar-refractivity contribution in [1.29, 1.82) is 0 Å². The molecule has 4 nitrogen and oxygen atoms in total. The van der Waals surface area contributed by atoms with E-state index in [2.05, 4.69) is 4.98 Å². The first-order chi connectivity index (χ1) is 8.16. The topological polar surface area (TPSA) is 51.4 Å². The Kier molecular flexibility index (Phi) is 4.07. The molecule has 1 saturated carbocycles. The van der Waals surface area contributed by atoms with Crippen LogP contribution in [0.15, 0.2) is 12.3 Å². The number of nitrogens with two attached hydrogens (primary N) is 1. The highest BCUT2D eigenvalue weighted by Crippen LogP contribution is 2.28. The first kappa shape index (κ1) is 12.5. The fourth-order valence-electron chi connectivity index (χ4n) is 1.61. The van der Waals surface area contributed by atoms with Crippen molar-refractivity contribution in [3.8, 4) is 0 Å². The average molecular weight is 256 g/mol. The van der Waals surface area contributed by atoms with Crippen molar-refractivity contribution in [3.05, 3.63) is 17.3 Å². The minimum atomic E-state index is 0.560. The zero-order valence-electron chi connectivity index (χ0n) is 10.0. The zero-order chi connectivity index (χ0) is 12.3. The quantitative estimate of drug-likeness (QED) is 0.792. The number of ether oxygens (including phenoxy) is 1. The highest BCUT2D eigenvalue weighted by molar-refractivity contribution is 6.30. The van der Waals surface area contributed by atoms with Gasteiger partial charge >= 0.3 is 0 Å². The third-order valence-corrected chi connectivity index (χ3v) is 3.05. The molecule has 0 saturated heterocycles. The Morgan fingerprint density at radius 2 is 2.35 bits per heavy atom. The minimum Gasteiger partial charge on any atom is -0.396 e. The summed E-state index contributed by atoms with van der Waals surface area (Å²) in [7, 11) is 1.95. The maximum atomic E-state index is 5.86. The molecule has 0 aliphatic heterocycles. The molecule has 1 fully saturated rings. The van der Waals surface area contributed by atoms with Gasteiger partial charge in [0.15, 0.2) is 5.82 Å². The van der Waals surface area contributed by atoms with Crippen molar-refractivity contribution in [1.82, 2.24) is 4.98 Å². The Balaban J connectivity index is 1.78. The van der Waals surface area contributed by atoms with Gasteiger partial charge in [0.2, 0.25) is 0 Å². The zero-order valence-corrected chi connectivity index (χ0v) is 10.8. The van der Waals surface area contributed by atoms with Gasteiger partial charge in [-0.1, -0.05) is 11.6 Å². The van der Waals surface area contributed by atoms with Gasteiger partial charge in [-0.2, -0.15) is 0 Å². The fourth-order valence-corrected chi connectivity index (χ4v) is 1.77. The monoisotopic (exact) mass is 255 g/mol. The molecular formula is C12H18ClN3O. The van der Waals surface area contributed by atoms with Crippen molar-refractivity contribution < 1.29 is 4.74 Å². The number of hydrogen-bond acceptors (Lipinski definition) is 4. The second-order valence-corrected chi connectivity index (χ2v) is 4.94. The summed E-state index contributed by atoms with van der Waals surface area (Å²) in [6, 6.07) is 1.71. The lowest BCUT2D eigenvalue weighted by Gasteiger charge is -2.19. The predicted molar refractivity (Wildman–Crippen MR) is 70.5 cm³/mol. The lowest BCUT2D eigenvalue weighted by molar-refractivity contribution is 0.131. The van der Waals surface area contributed by atoms with Crippen LogP contribution in [-0.4, -0.2) is 31.8 Å². The first-order valence-electron chi connectivity index (χ1n) is 5.86. The molecule has 2 N–H and O–H groups in total. The Bertz CT molecular complexity index is 382. The molecule has 0 radical (unpaired) electrons. The van der Waals surface area contributed by atoms with Crippen molar-refractivity contribution >= 4 is 23.1 Å². The Morgan fingerprint density at radius 3 is 3.00 bits per heavy atom. The summed E-state index contributed by atoms with van der Waals surface area (Å²) in [6.45, 7) is 2.37. The van der Waals surface area contributed by atoms with Gasteiger partial charge in [0.1, 0.15) is 0 Å². The lowest BCUT2D eigenvalue weighted by Crippen LogP contribution is -2.24. The lowest BCUT2D eigenvalue weighted by atomic mass is 10.3. The number of hydrogen-bond donors (Lipinski definition) is 1. The molecule has 94 valence electrons. The van der Waals surface area contributed by atoms with Crippen LogP contribution in [-0.2, 0) is 4.74 Å². The van der Waals surface area contributed by atoms with Crippen LogP contribution in [0.3, 0.4) is 0 Å². The summed E-state index contributed by atoms with van der Waals surface area (Å²) in [6.07, 6.45) is 4.25. The Hall–Kier alpha value is -1.00. The molecule has 2 rings (SSSR count). The van der Waals surface area contributed by atoms with E-state index in [0.717, 1.165) is 24.9 Å². The minimum absolute atomic E-state index is 0.560. The fraction of sp³-hybridized carbons (Fsp3) is 0.583. The van der Waals surface area contributed by atoms with E-state index < -0.39 is 0 Å². The van der Waals surface area contributed by atoms with Crippen LogP contribution in [0.2, 0.25) is 5.02 Å². The van der Waals surface area contributed by atoms with Crippen molar-refractivity contribution in [2.24, 2.45) is 5.92 Å². The van der Waals surface area contributed by atoms with Gasteiger partial charge in [0.25, 0.3) is 0 Å². The van der Waals surface area contributed by atoms with Gasteiger partial charge in [-0.15, -0.1) is 0 Å². The van der Waals surface area contributed by atoms with Crippen LogP contribution >= 0.6 is 11.6 Å². The van der Waals surface area contributed by atoms with Gasteiger partial charge in [-0.05, 0) is 24.8 Å². The molecule has 0 spiro atoms. The molecule has 1 aromatic heterocycles. The van der Waals surface area contributed by atoms with Crippen molar-refractivity contribution in [2.45, 2.75) is 12.8 Å². The largest absolute Gasteiger partial charge is 0.396 e. The molecular weight excluding hydrogens is 238 g/mol. The smallest absolute Gasteiger partial charge is 0.151 e. The summed E-state index contributed by atoms with van der Waals surface area (Å²) >= 11 is 5.80. The van der Waals surface area contributed by atoms with E-state index in [-0.39, 0.29) is 0 Å². The van der Waals surface area contributed by atoms with Crippen LogP contribution < -0.4 is 10.6 Å². The molecule has 5 heteroatoms. The van der Waals surface area contributed by atoms with Crippen LogP contribution in [0.1, 0.15) is 12.8 Å². The summed E-state index contributed by atoms with van der Waals surface area (Å²) in [5.74, 6) is 1.56. The van der Waals surface area contributed by atoms with Crippen molar-refractivity contribution in [3.63, 3.8) is 0 Å². The number of halogens is 1. The Morgan fingerprint density at radius 1 is 1.59 bits per heavy atom. The van der Waals surface area contributed by atoms with E-state index in [0.29, 0.717) is 17.3 Å². The van der Waals surface area contributed by atoms with Crippen LogP contribution in [0, 0.1) is 5.92 Å². The maximum absolute atomic E-state index is 5.86. The summed E-state index contributed by atoms with van der Waals surface area (Å²) in [4.78, 5) is 6.20. The third kappa shape index (κ3) is 3.75. The summed E-state index contributed by atoms with van der Waals surface area (Å²) in [5, 5.41) is 0.560. The number of nitrogen functional groups attached to an aromatic ring is 1. The summed E-state index contributed by atoms with van der Waals surface area (Å²) in [5.41, 5.74) is 6.45. The molecule has 0 bridgehead atoms. The molecule has 0 amide bonds. The van der Waals surface area contributed by atoms with Gasteiger partial charge in [-0.3, -0.25) is 0 Å². The van der Waals surface area contributed by atoms with E-state index in [1.165, 1.54) is 12.8 Å². The molecule has 0 atom stereocenters. The number of rotatable bonds is 6. The van der Waals surface area contributed by atoms with Gasteiger partial charge in [0, 0.05) is 26.4 Å². The van der Waals surface area contributed by atoms with E-state index in [1.807, 2.05) is 11.9 Å². The third-order valence-electron chi connectivity index (χ3n) is 2.84. The van der Waals surface area contributed by atoms with Gasteiger partial charge in [-0.25, -0.2) is 4.98 Å². The number of nitrogens with zero attached hydrogens (tertiary/aromatic N) is 2. The maximum Gasteiger partial charge on any atom is 0.151 e. The van der Waals surface area contributed by atoms with E-state index in [1.54, 1.807) is 12.3 Å². The first-order valence-corrected chi connectivity index (χ1v) is 6.24. The van der Waals surface area contributed by atoms with Crippen molar-refractivity contribution in [2.75, 3.05) is 37.4 Å². The molecule has 17 heavy (non-hydrogen) atoms. The second kappa shape index (κ2) is 5.56. The highest BCUT2D eigenvalue weighted by Gasteiger charge is 2.21. The molecule has 1 aromatic rings. The normalized spacial score (nSPS) is 14.9. The Labute approximate surface area is 107 Å². The average Bonchev–Trinajstić information content (AvgIpc) is 3.08. The standard InChI is InChI=1S/C12H18ClN3O/c1-16(4-5-17-8-9-2-3-9)12-11(14)6-10(13)7-15-12/h6-7,9H,2-5,8,14H2,1H3. The van der Waals surface area contributed by atoms with Crippen LogP contribution in [0.25, 0.3) is 0 Å². The van der Waals surface area contributed by atoms with E-state index in [9.17, 15) is 0 Å². The molecule has 1 aliphatic rings. The van der Waals surface area contributed by atoms with Gasteiger partial charge in [0.05, 0.1) is 17.3 Å². The number of likely N-dealkylation sites (N-methyl/N-ethyl adjacent to an activating group) is 1. The second-order valence-electron chi connectivity index (χ2n) is 4.51. The summed E-state index contributed by atoms with van der Waals surface area (Å²) < 4.78 is 5.58. The van der Waals surface area contributed by atoms with Crippen LogP contribution in [0.4, 0.5) is 11.5 Å². The number of pyridine rings is 1. The van der Waals surface area contributed by atoms with Crippen LogP contribution in [0.5, 0.6) is 0 Å². The SMILES string of the molecule is CN(CCOCC1CC1)c1ncc(Cl)cc1N. The van der Waals surface area contributed by atoms with Gasteiger partial charge < -0.3 is 15.4 Å². The molecule has 1 aliphatic carbocycles. The number of anilines is 2. The highest BCUT2D eigenvalue weighted by atomic mass is 35.5. The molecule has 0 aromatic carbocycles. The number of aromatic nitrogens is 1. The molecule has 0 unspecified atom stereocenters. The molecule has 1 heterocycles. The van der Waals surface area contributed by atoms with E-state index in [4.69, 9.17) is 22.1 Å². The predicted octanol–water partition coefficient (Wildman–Crippen LogP) is 2.18.